The van der Waals surface area contributed by atoms with Crippen molar-refractivity contribution in [2.45, 2.75) is 24.8 Å². The Kier molecular flexibility index (Phi) is 4.18. The van der Waals surface area contributed by atoms with E-state index in [0.717, 1.165) is 35.6 Å². The Bertz CT molecular complexity index is 1350. The third-order valence-corrected chi connectivity index (χ3v) is 7.92. The van der Waals surface area contributed by atoms with Gasteiger partial charge in [0.05, 0.1) is 11.7 Å². The predicted octanol–water partition coefficient (Wildman–Crippen LogP) is 4.72. The van der Waals surface area contributed by atoms with Crippen LogP contribution in [0.25, 0.3) is 0 Å². The van der Waals surface area contributed by atoms with Gasteiger partial charge in [0.15, 0.2) is 5.71 Å². The van der Waals surface area contributed by atoms with Crippen molar-refractivity contribution in [2.24, 2.45) is 22.1 Å². The molecule has 3 unspecified atom stereocenters. The molecule has 6 heteroatoms. The fraction of sp³-hybridized carbons (Fsp3) is 0.286. The molecule has 0 radical (unpaired) electrons. The SMILES string of the molecule is CN1C2C3=CC=CC2CC2C=CC4=NN(c5ccccc5)[C@]1([N+](c1ccccc1)=N3)[N+](C)=C4C2. The number of benzene rings is 2. The highest BCUT2D eigenvalue weighted by atomic mass is 15.8. The second kappa shape index (κ2) is 7.18. The summed E-state index contributed by atoms with van der Waals surface area (Å²) < 4.78 is 4.59. The van der Waals surface area contributed by atoms with Crippen molar-refractivity contribution in [3.05, 3.63) is 96.7 Å². The molecule has 6 nitrogen and oxygen atoms in total. The lowest BCUT2D eigenvalue weighted by molar-refractivity contribution is -0.845. The number of azo groups is 2. The molecule has 0 aromatic heterocycles. The molecule has 4 atom stereocenters. The van der Waals surface area contributed by atoms with E-state index in [0.29, 0.717) is 11.8 Å². The number of likely N-dealkylation sites (N-methyl/N-ethyl adjacent to an activating group) is 1. The number of anilines is 1. The zero-order valence-electron chi connectivity index (χ0n) is 19.5. The highest BCUT2D eigenvalue weighted by Crippen LogP contribution is 2.46. The zero-order valence-corrected chi connectivity index (χ0v) is 19.5. The smallest absolute Gasteiger partial charge is 0.153 e. The highest BCUT2D eigenvalue weighted by Gasteiger charge is 2.72. The molecule has 2 aromatic rings. The van der Waals surface area contributed by atoms with Gasteiger partial charge in [-0.25, -0.2) is 0 Å². The van der Waals surface area contributed by atoms with Crippen LogP contribution in [0.2, 0.25) is 0 Å². The van der Waals surface area contributed by atoms with Gasteiger partial charge in [-0.3, -0.25) is 0 Å². The first-order valence-corrected chi connectivity index (χ1v) is 12.1. The topological polar surface area (TPSA) is 37.2 Å². The fourth-order valence-corrected chi connectivity index (χ4v) is 6.40. The summed E-state index contributed by atoms with van der Waals surface area (Å²) in [5, 5.41) is 12.9. The fourth-order valence-electron chi connectivity index (χ4n) is 6.40. The molecule has 7 rings (SSSR count). The van der Waals surface area contributed by atoms with E-state index >= 15 is 0 Å². The highest BCUT2D eigenvalue weighted by molar-refractivity contribution is 6.45. The van der Waals surface area contributed by atoms with Gasteiger partial charge in [0, 0.05) is 35.4 Å². The number of hydrogen-bond donors (Lipinski definition) is 0. The van der Waals surface area contributed by atoms with Crippen molar-refractivity contribution in [3.8, 4) is 0 Å². The Labute approximate surface area is 199 Å². The number of fused-ring (bicyclic) bond motifs is 1. The Morgan fingerprint density at radius 1 is 1.00 bits per heavy atom. The predicted molar refractivity (Wildman–Crippen MR) is 133 cm³/mol. The molecule has 5 aliphatic rings. The molecule has 168 valence electrons. The minimum atomic E-state index is -0.771. The van der Waals surface area contributed by atoms with E-state index in [1.807, 2.05) is 0 Å². The first-order chi connectivity index (χ1) is 16.7. The van der Waals surface area contributed by atoms with Crippen LogP contribution in [0, 0.1) is 11.8 Å². The van der Waals surface area contributed by atoms with E-state index in [-0.39, 0.29) is 6.04 Å². The molecular formula is C28H28N6+2. The molecule has 2 aliphatic carbocycles. The van der Waals surface area contributed by atoms with Gasteiger partial charge in [-0.2, -0.15) is 5.10 Å². The number of allylic oxidation sites excluding steroid dienone is 4. The zero-order chi connectivity index (χ0) is 22.9. The van der Waals surface area contributed by atoms with Crippen LogP contribution in [0.15, 0.2) is 107 Å². The minimum absolute atomic E-state index is 0.156. The first kappa shape index (κ1) is 19.8. The van der Waals surface area contributed by atoms with Crippen molar-refractivity contribution < 1.29 is 9.27 Å². The van der Waals surface area contributed by atoms with E-state index in [2.05, 4.69) is 124 Å². The van der Waals surface area contributed by atoms with E-state index in [1.165, 1.54) is 5.71 Å². The normalized spacial score (nSPS) is 31.4. The molecule has 3 aliphatic heterocycles. The Morgan fingerprint density at radius 2 is 1.76 bits per heavy atom. The van der Waals surface area contributed by atoms with Crippen molar-refractivity contribution in [2.75, 3.05) is 19.1 Å². The van der Waals surface area contributed by atoms with Gasteiger partial charge in [0.1, 0.15) is 12.7 Å². The maximum Gasteiger partial charge on any atom is 0.559 e. The standard InChI is InChI=1S/C28H28N6/c1-31-26-19-20-16-17-24(26)29-33(22-11-5-3-6-12-22)28(31)32(2)27-21(18-20)10-9-15-25(27)30-34(28)23-13-7-4-8-14-23/h3-17,20-21,27H,18-19H2,1-2H3/q+2/t20?,21?,27?,28-/m0/s1. The summed E-state index contributed by atoms with van der Waals surface area (Å²) in [5.74, 6) is 0.0990. The molecule has 1 spiro atoms. The summed E-state index contributed by atoms with van der Waals surface area (Å²) >= 11 is 0. The third-order valence-electron chi connectivity index (χ3n) is 7.92. The third kappa shape index (κ3) is 2.54. The van der Waals surface area contributed by atoms with E-state index < -0.39 is 5.91 Å². The van der Waals surface area contributed by atoms with Crippen LogP contribution in [-0.2, 0) is 0 Å². The molecule has 3 heterocycles. The van der Waals surface area contributed by atoms with Gasteiger partial charge in [-0.15, -0.1) is 14.5 Å². The van der Waals surface area contributed by atoms with Gasteiger partial charge in [-0.1, -0.05) is 54.6 Å². The summed E-state index contributed by atoms with van der Waals surface area (Å²) in [7, 11) is 4.46. The quantitative estimate of drug-likeness (QED) is 0.624. The summed E-state index contributed by atoms with van der Waals surface area (Å²) in [5.41, 5.74) is 5.49. The summed E-state index contributed by atoms with van der Waals surface area (Å²) in [6.07, 6.45) is 13.4. The number of nitrogens with zero attached hydrogens (tertiary/aromatic N) is 6. The van der Waals surface area contributed by atoms with Crippen LogP contribution in [0.5, 0.6) is 0 Å². The second-order valence-corrected chi connectivity index (χ2v) is 9.74. The summed E-state index contributed by atoms with van der Waals surface area (Å²) in [4.78, 5) is 2.49. The van der Waals surface area contributed by atoms with Gasteiger partial charge >= 0.3 is 5.91 Å². The lowest BCUT2D eigenvalue weighted by Crippen LogP contribution is -2.76. The summed E-state index contributed by atoms with van der Waals surface area (Å²) in [6.45, 7) is 0. The Morgan fingerprint density at radius 3 is 2.56 bits per heavy atom. The molecule has 4 bridgehead atoms. The molecule has 2 aromatic carbocycles. The van der Waals surface area contributed by atoms with Gasteiger partial charge in [0.2, 0.25) is 11.4 Å². The van der Waals surface area contributed by atoms with Crippen molar-refractivity contribution >= 4 is 22.8 Å². The number of para-hydroxylation sites is 2. The van der Waals surface area contributed by atoms with Crippen LogP contribution in [0.1, 0.15) is 12.8 Å². The van der Waals surface area contributed by atoms with Crippen molar-refractivity contribution in [1.82, 2.24) is 4.90 Å². The molecule has 0 saturated carbocycles. The molecule has 34 heavy (non-hydrogen) atoms. The average Bonchev–Trinajstić information content (AvgIpc) is 2.89. The number of rotatable bonds is 2. The maximum atomic E-state index is 5.37. The first-order valence-electron chi connectivity index (χ1n) is 12.1. The minimum Gasteiger partial charge on any atom is -0.153 e. The Balaban J connectivity index is 1.61. The Hall–Kier alpha value is -3.64. The number of hydrogen-bond acceptors (Lipinski definition) is 4. The maximum absolute atomic E-state index is 5.37. The second-order valence-electron chi connectivity index (χ2n) is 9.74. The molecule has 0 amide bonds. The molecule has 0 saturated heterocycles. The largest absolute Gasteiger partial charge is 0.559 e. The van der Waals surface area contributed by atoms with Gasteiger partial charge < -0.3 is 0 Å². The van der Waals surface area contributed by atoms with Crippen LogP contribution < -0.4 is 5.01 Å². The lowest BCUT2D eigenvalue weighted by Gasteiger charge is -2.45. The van der Waals surface area contributed by atoms with Crippen molar-refractivity contribution in [1.29, 1.82) is 0 Å². The van der Waals surface area contributed by atoms with Crippen molar-refractivity contribution in [3.63, 3.8) is 0 Å². The van der Waals surface area contributed by atoms with E-state index in [4.69, 9.17) is 10.2 Å². The van der Waals surface area contributed by atoms with E-state index in [9.17, 15) is 0 Å². The van der Waals surface area contributed by atoms with E-state index in [1.54, 1.807) is 0 Å². The van der Waals surface area contributed by atoms with Crippen LogP contribution in [0.3, 0.4) is 0 Å². The number of hydrazone groups is 1. The van der Waals surface area contributed by atoms with Crippen LogP contribution >= 0.6 is 0 Å². The van der Waals surface area contributed by atoms with Gasteiger partial charge in [0.25, 0.3) is 0 Å². The monoisotopic (exact) mass is 448 g/mol. The average molecular weight is 449 g/mol. The van der Waals surface area contributed by atoms with Crippen LogP contribution in [-0.4, -0.2) is 51.6 Å². The van der Waals surface area contributed by atoms with Crippen LogP contribution in [0.4, 0.5) is 11.4 Å². The summed E-state index contributed by atoms with van der Waals surface area (Å²) in [6, 6.07) is 21.1. The molecule has 0 N–H and O–H groups in total. The lowest BCUT2D eigenvalue weighted by atomic mass is 9.80. The van der Waals surface area contributed by atoms with Gasteiger partial charge in [-0.05, 0) is 42.5 Å². The molecular weight excluding hydrogens is 420 g/mol. The molecule has 0 fully saturated rings.